The Balaban J connectivity index is 0. The van der Waals surface area contributed by atoms with E-state index < -0.39 is 6.10 Å². The number of aliphatic hydroxyl groups excluding tert-OH is 1. The molecule has 0 spiro atoms. The molecule has 4 heteroatoms. The molecule has 0 bridgehead atoms. The van der Waals surface area contributed by atoms with Gasteiger partial charge in [-0.05, 0) is 6.42 Å². The molecule has 0 rings (SSSR count). The molecule has 0 aliphatic heterocycles. The molecule has 0 aromatic rings. The van der Waals surface area contributed by atoms with Crippen LogP contribution in [0.3, 0.4) is 0 Å². The molecule has 0 aromatic carbocycles. The van der Waals surface area contributed by atoms with E-state index in [1.165, 1.54) is 0 Å². The standard InChI is InChI=1S/C5H11NOS.H2O/c1-2-3-4(7)5(6)8;/h4,7H,2-3H2,1H3,(H2,6,8);1H2. The molecule has 0 saturated heterocycles. The van der Waals surface area contributed by atoms with Crippen LogP contribution < -0.4 is 5.73 Å². The second-order valence-electron chi connectivity index (χ2n) is 1.71. The number of aliphatic hydroxyl groups is 1. The minimum absolute atomic E-state index is 0. The van der Waals surface area contributed by atoms with Crippen molar-refractivity contribution in [3.63, 3.8) is 0 Å². The van der Waals surface area contributed by atoms with Crippen molar-refractivity contribution < 1.29 is 10.6 Å². The van der Waals surface area contributed by atoms with E-state index in [9.17, 15) is 0 Å². The third-order valence-electron chi connectivity index (χ3n) is 0.891. The maximum Gasteiger partial charge on any atom is 0.104 e. The maximum atomic E-state index is 8.86. The Labute approximate surface area is 60.2 Å². The number of rotatable bonds is 3. The van der Waals surface area contributed by atoms with Gasteiger partial charge in [0.25, 0.3) is 0 Å². The topological polar surface area (TPSA) is 77.8 Å². The molecule has 0 radical (unpaired) electrons. The van der Waals surface area contributed by atoms with E-state index in [4.69, 9.17) is 10.8 Å². The second kappa shape index (κ2) is 5.94. The Morgan fingerprint density at radius 1 is 1.78 bits per heavy atom. The van der Waals surface area contributed by atoms with E-state index in [1.54, 1.807) is 0 Å². The summed E-state index contributed by atoms with van der Waals surface area (Å²) in [4.78, 5) is 0.201. The number of thiocarbonyl (C=S) groups is 1. The molecular weight excluding hydrogens is 138 g/mol. The fraction of sp³-hybridized carbons (Fsp3) is 0.800. The van der Waals surface area contributed by atoms with Crippen LogP contribution in [0, 0.1) is 0 Å². The van der Waals surface area contributed by atoms with Crippen molar-refractivity contribution in [1.29, 1.82) is 0 Å². The molecule has 56 valence electrons. The molecule has 0 heterocycles. The summed E-state index contributed by atoms with van der Waals surface area (Å²) in [6.07, 6.45) is 1.02. The Morgan fingerprint density at radius 3 is 2.33 bits per heavy atom. The first-order chi connectivity index (χ1) is 3.68. The minimum Gasteiger partial charge on any atom is -0.412 e. The van der Waals surface area contributed by atoms with Gasteiger partial charge in [0.05, 0.1) is 0 Å². The van der Waals surface area contributed by atoms with Gasteiger partial charge in [0, 0.05) is 0 Å². The first-order valence-electron chi connectivity index (χ1n) is 2.66. The quantitative estimate of drug-likeness (QED) is 0.539. The van der Waals surface area contributed by atoms with Crippen molar-refractivity contribution in [3.05, 3.63) is 0 Å². The average molecular weight is 151 g/mol. The van der Waals surface area contributed by atoms with Crippen LogP contribution in [-0.2, 0) is 0 Å². The molecular formula is C5H13NO2S. The normalized spacial score (nSPS) is 11.8. The van der Waals surface area contributed by atoms with Crippen LogP contribution in [0.4, 0.5) is 0 Å². The lowest BCUT2D eigenvalue weighted by molar-refractivity contribution is 0.231. The average Bonchev–Trinajstić information content (AvgIpc) is 1.67. The maximum absolute atomic E-state index is 8.86. The highest BCUT2D eigenvalue weighted by Gasteiger charge is 2.02. The monoisotopic (exact) mass is 151 g/mol. The molecule has 0 saturated carbocycles. The van der Waals surface area contributed by atoms with Crippen molar-refractivity contribution in [2.24, 2.45) is 5.73 Å². The van der Waals surface area contributed by atoms with Gasteiger partial charge >= 0.3 is 0 Å². The lowest BCUT2D eigenvalue weighted by Gasteiger charge is -2.03. The van der Waals surface area contributed by atoms with Crippen LogP contribution in [0.2, 0.25) is 0 Å². The zero-order valence-corrected chi connectivity index (χ0v) is 6.24. The molecule has 1 unspecified atom stereocenters. The third kappa shape index (κ3) is 5.68. The van der Waals surface area contributed by atoms with E-state index in [0.717, 1.165) is 6.42 Å². The summed E-state index contributed by atoms with van der Waals surface area (Å²) in [6, 6.07) is 0. The lowest BCUT2D eigenvalue weighted by Crippen LogP contribution is -2.25. The van der Waals surface area contributed by atoms with Gasteiger partial charge in [-0.3, -0.25) is 0 Å². The molecule has 0 fully saturated rings. The van der Waals surface area contributed by atoms with E-state index in [-0.39, 0.29) is 10.5 Å². The van der Waals surface area contributed by atoms with Crippen molar-refractivity contribution in [1.82, 2.24) is 0 Å². The van der Waals surface area contributed by atoms with E-state index >= 15 is 0 Å². The van der Waals surface area contributed by atoms with Gasteiger partial charge in [0.2, 0.25) is 0 Å². The van der Waals surface area contributed by atoms with Crippen LogP contribution in [0.5, 0.6) is 0 Å². The van der Waals surface area contributed by atoms with Crippen LogP contribution >= 0.6 is 12.2 Å². The van der Waals surface area contributed by atoms with E-state index in [1.807, 2.05) is 6.92 Å². The summed E-state index contributed by atoms with van der Waals surface area (Å²) >= 11 is 4.51. The van der Waals surface area contributed by atoms with Crippen molar-refractivity contribution >= 4 is 17.2 Å². The number of nitrogens with two attached hydrogens (primary N) is 1. The first kappa shape index (κ1) is 11.6. The largest absolute Gasteiger partial charge is 0.412 e. The first-order valence-corrected chi connectivity index (χ1v) is 3.06. The molecule has 0 aromatic heterocycles. The second-order valence-corrected chi connectivity index (χ2v) is 2.18. The number of hydrogen-bond acceptors (Lipinski definition) is 2. The van der Waals surface area contributed by atoms with Crippen molar-refractivity contribution in [3.8, 4) is 0 Å². The summed E-state index contributed by atoms with van der Waals surface area (Å²) < 4.78 is 0. The third-order valence-corrected chi connectivity index (χ3v) is 1.16. The lowest BCUT2D eigenvalue weighted by atomic mass is 10.2. The van der Waals surface area contributed by atoms with Gasteiger partial charge in [-0.2, -0.15) is 0 Å². The molecule has 1 atom stereocenters. The highest BCUT2D eigenvalue weighted by Crippen LogP contribution is 1.94. The van der Waals surface area contributed by atoms with Gasteiger partial charge in [-0.15, -0.1) is 0 Å². The van der Waals surface area contributed by atoms with Crippen LogP contribution in [0.1, 0.15) is 19.8 Å². The van der Waals surface area contributed by atoms with Crippen LogP contribution in [0.15, 0.2) is 0 Å². The zero-order valence-electron chi connectivity index (χ0n) is 5.42. The summed E-state index contributed by atoms with van der Waals surface area (Å²) in [5.74, 6) is 0. The summed E-state index contributed by atoms with van der Waals surface area (Å²) in [5, 5.41) is 8.86. The summed E-state index contributed by atoms with van der Waals surface area (Å²) in [6.45, 7) is 1.97. The van der Waals surface area contributed by atoms with Crippen molar-refractivity contribution in [2.75, 3.05) is 0 Å². The van der Waals surface area contributed by atoms with Crippen LogP contribution in [0.25, 0.3) is 0 Å². The fourth-order valence-electron chi connectivity index (χ4n) is 0.416. The number of hydrogen-bond donors (Lipinski definition) is 2. The molecule has 5 N–H and O–H groups in total. The van der Waals surface area contributed by atoms with E-state index in [0.29, 0.717) is 6.42 Å². The summed E-state index contributed by atoms with van der Waals surface area (Å²) in [5.41, 5.74) is 5.10. The predicted molar refractivity (Wildman–Crippen MR) is 41.3 cm³/mol. The van der Waals surface area contributed by atoms with Gasteiger partial charge in [0.1, 0.15) is 11.1 Å². The SMILES string of the molecule is CCCC(O)C(N)=S.O. The molecule has 0 aliphatic rings. The van der Waals surface area contributed by atoms with Gasteiger partial charge in [-0.1, -0.05) is 25.6 Å². The fourth-order valence-corrected chi connectivity index (χ4v) is 0.534. The summed E-state index contributed by atoms with van der Waals surface area (Å²) in [7, 11) is 0. The molecule has 3 nitrogen and oxygen atoms in total. The van der Waals surface area contributed by atoms with Gasteiger partial charge < -0.3 is 16.3 Å². The Kier molecular flexibility index (Phi) is 7.65. The molecule has 0 amide bonds. The minimum atomic E-state index is -0.574. The highest BCUT2D eigenvalue weighted by molar-refractivity contribution is 7.80. The van der Waals surface area contributed by atoms with Gasteiger partial charge in [0.15, 0.2) is 0 Å². The Bertz CT molecular complexity index is 87.0. The van der Waals surface area contributed by atoms with Crippen LogP contribution in [-0.4, -0.2) is 21.7 Å². The van der Waals surface area contributed by atoms with Crippen molar-refractivity contribution in [2.45, 2.75) is 25.9 Å². The Hall–Kier alpha value is -0.190. The smallest absolute Gasteiger partial charge is 0.104 e. The van der Waals surface area contributed by atoms with Gasteiger partial charge in [-0.25, -0.2) is 0 Å². The Morgan fingerprint density at radius 2 is 2.22 bits per heavy atom. The highest BCUT2D eigenvalue weighted by atomic mass is 32.1. The predicted octanol–water partition coefficient (Wildman–Crippen LogP) is -0.391. The molecule has 0 aliphatic carbocycles. The van der Waals surface area contributed by atoms with E-state index in [2.05, 4.69) is 12.2 Å². The zero-order chi connectivity index (χ0) is 6.57. The molecule has 9 heavy (non-hydrogen) atoms.